The smallest absolute Gasteiger partial charge is 0.119 e. The summed E-state index contributed by atoms with van der Waals surface area (Å²) in [7, 11) is 1.60. The number of nitrogens with two attached hydrogens (primary N) is 4. The van der Waals surface area contributed by atoms with E-state index in [0.29, 0.717) is 44.0 Å². The van der Waals surface area contributed by atoms with Crippen LogP contribution in [0, 0.1) is 0 Å². The van der Waals surface area contributed by atoms with Crippen LogP contribution in [0.25, 0.3) is 22.3 Å². The van der Waals surface area contributed by atoms with Gasteiger partial charge in [-0.1, -0.05) is 12.1 Å². The van der Waals surface area contributed by atoms with Gasteiger partial charge in [0.05, 0.1) is 57.6 Å². The second-order valence-electron chi connectivity index (χ2n) is 7.68. The lowest BCUT2D eigenvalue weighted by Crippen LogP contribution is -2.01. The van der Waals surface area contributed by atoms with E-state index >= 15 is 0 Å². The highest BCUT2D eigenvalue weighted by Crippen LogP contribution is 2.38. The third kappa shape index (κ3) is 4.35. The summed E-state index contributed by atoms with van der Waals surface area (Å²) in [5, 5.41) is 0. The predicted molar refractivity (Wildman–Crippen MR) is 139 cm³/mol. The van der Waals surface area contributed by atoms with E-state index in [1.807, 2.05) is 24.3 Å². The van der Waals surface area contributed by atoms with Crippen molar-refractivity contribution in [2.24, 2.45) is 0 Å². The van der Waals surface area contributed by atoms with E-state index in [2.05, 4.69) is 0 Å². The van der Waals surface area contributed by atoms with Crippen molar-refractivity contribution in [1.82, 2.24) is 0 Å². The van der Waals surface area contributed by atoms with E-state index in [0.717, 1.165) is 22.3 Å². The van der Waals surface area contributed by atoms with Gasteiger partial charge in [0.1, 0.15) is 11.5 Å². The number of hydrogen-bond donors (Lipinski definition) is 4. The van der Waals surface area contributed by atoms with Gasteiger partial charge in [0.2, 0.25) is 0 Å². The van der Waals surface area contributed by atoms with Gasteiger partial charge in [-0.25, -0.2) is 4.21 Å². The molecule has 8 heteroatoms. The van der Waals surface area contributed by atoms with Crippen LogP contribution in [0.15, 0.2) is 82.6 Å². The first-order valence-corrected chi connectivity index (χ1v) is 11.6. The van der Waals surface area contributed by atoms with Crippen molar-refractivity contribution in [1.29, 1.82) is 0 Å². The number of anilines is 4. The molecule has 4 rings (SSSR count). The molecule has 0 amide bonds. The summed E-state index contributed by atoms with van der Waals surface area (Å²) in [6.45, 7) is 0. The summed E-state index contributed by atoms with van der Waals surface area (Å²) in [6.07, 6.45) is 0. The lowest BCUT2D eigenvalue weighted by Gasteiger charge is -2.16. The number of rotatable bonds is 6. The molecule has 4 aromatic carbocycles. The second-order valence-corrected chi connectivity index (χ2v) is 9.10. The largest absolute Gasteiger partial charge is 0.497 e. The quantitative estimate of drug-likeness (QED) is 0.301. The SMILES string of the molecule is COc1ccc(S(=O)c2ccc(OC)cc2-c2ccc(N)c(N)c2)c(-c2ccc(N)c(N)c2)c1. The average molecular weight is 475 g/mol. The molecular formula is C26H26N4O3S. The van der Waals surface area contributed by atoms with Crippen LogP contribution in [-0.4, -0.2) is 18.4 Å². The molecule has 34 heavy (non-hydrogen) atoms. The van der Waals surface area contributed by atoms with Gasteiger partial charge in [0, 0.05) is 11.1 Å². The van der Waals surface area contributed by atoms with E-state index in [9.17, 15) is 4.21 Å². The van der Waals surface area contributed by atoms with Crippen molar-refractivity contribution in [2.45, 2.75) is 9.79 Å². The van der Waals surface area contributed by atoms with Crippen molar-refractivity contribution in [3.63, 3.8) is 0 Å². The molecule has 0 spiro atoms. The molecule has 0 aromatic heterocycles. The summed E-state index contributed by atoms with van der Waals surface area (Å²) in [6, 6.07) is 21.5. The Morgan fingerprint density at radius 1 is 0.559 bits per heavy atom. The third-order valence-corrected chi connectivity index (χ3v) is 7.08. The molecule has 0 bridgehead atoms. The number of hydrogen-bond acceptors (Lipinski definition) is 7. The van der Waals surface area contributed by atoms with E-state index in [4.69, 9.17) is 32.4 Å². The van der Waals surface area contributed by atoms with Crippen LogP contribution in [0.4, 0.5) is 22.7 Å². The van der Waals surface area contributed by atoms with Crippen molar-refractivity contribution < 1.29 is 13.7 Å². The van der Waals surface area contributed by atoms with Crippen LogP contribution in [0.3, 0.4) is 0 Å². The molecule has 0 heterocycles. The lowest BCUT2D eigenvalue weighted by molar-refractivity contribution is 0.414. The molecule has 0 aliphatic heterocycles. The Hall–Kier alpha value is -4.17. The van der Waals surface area contributed by atoms with E-state index in [1.165, 1.54) is 0 Å². The van der Waals surface area contributed by atoms with Crippen LogP contribution in [0.2, 0.25) is 0 Å². The summed E-state index contributed by atoms with van der Waals surface area (Å²) in [5.41, 5.74) is 28.8. The minimum absolute atomic E-state index is 0.444. The highest BCUT2D eigenvalue weighted by Gasteiger charge is 2.20. The highest BCUT2D eigenvalue weighted by molar-refractivity contribution is 7.85. The molecule has 0 saturated heterocycles. The molecule has 4 aromatic rings. The van der Waals surface area contributed by atoms with Crippen molar-refractivity contribution >= 4 is 33.5 Å². The van der Waals surface area contributed by atoms with Gasteiger partial charge >= 0.3 is 0 Å². The van der Waals surface area contributed by atoms with E-state index in [1.54, 1.807) is 62.8 Å². The van der Waals surface area contributed by atoms with E-state index < -0.39 is 10.8 Å². The summed E-state index contributed by atoms with van der Waals surface area (Å²) < 4.78 is 24.9. The Morgan fingerprint density at radius 2 is 0.971 bits per heavy atom. The van der Waals surface area contributed by atoms with Gasteiger partial charge in [0.15, 0.2) is 0 Å². The number of ether oxygens (including phenoxy) is 2. The molecule has 0 saturated carbocycles. The standard InChI is InChI=1S/C26H26N4O3S/c1-32-17-5-9-25(19(13-17)15-3-7-21(27)23(29)11-15)34(31)26-10-6-18(33-2)14-20(26)16-4-8-22(28)24(30)12-16/h3-14H,27-30H2,1-2H3. The first-order chi connectivity index (χ1) is 16.3. The highest BCUT2D eigenvalue weighted by atomic mass is 32.2. The molecule has 0 aliphatic carbocycles. The summed E-state index contributed by atoms with van der Waals surface area (Å²) in [4.78, 5) is 1.19. The number of nitrogen functional groups attached to an aromatic ring is 4. The fraction of sp³-hybridized carbons (Fsp3) is 0.0769. The molecule has 0 aliphatic rings. The van der Waals surface area contributed by atoms with Gasteiger partial charge in [-0.05, 0) is 71.8 Å². The molecule has 7 nitrogen and oxygen atoms in total. The Bertz CT molecular complexity index is 1300. The Kier molecular flexibility index (Phi) is 6.34. The minimum Gasteiger partial charge on any atom is -0.497 e. The zero-order valence-corrected chi connectivity index (χ0v) is 19.7. The van der Waals surface area contributed by atoms with Gasteiger partial charge < -0.3 is 32.4 Å². The number of benzene rings is 4. The molecule has 0 atom stereocenters. The molecular weight excluding hydrogens is 448 g/mol. The maximum atomic E-state index is 14.1. The summed E-state index contributed by atoms with van der Waals surface area (Å²) >= 11 is 0. The fourth-order valence-electron chi connectivity index (χ4n) is 3.65. The monoisotopic (exact) mass is 474 g/mol. The van der Waals surface area contributed by atoms with Gasteiger partial charge in [-0.3, -0.25) is 0 Å². The van der Waals surface area contributed by atoms with Gasteiger partial charge in [0.25, 0.3) is 0 Å². The first-order valence-electron chi connectivity index (χ1n) is 10.4. The zero-order valence-electron chi connectivity index (χ0n) is 18.9. The molecule has 174 valence electrons. The van der Waals surface area contributed by atoms with Crippen molar-refractivity contribution in [3.8, 4) is 33.8 Å². The minimum atomic E-state index is -1.57. The van der Waals surface area contributed by atoms with Crippen LogP contribution in [0.1, 0.15) is 0 Å². The Labute approximate surface area is 200 Å². The Balaban J connectivity index is 1.91. The molecule has 0 unspecified atom stereocenters. The fourth-order valence-corrected chi connectivity index (χ4v) is 5.02. The first kappa shape index (κ1) is 23.0. The Morgan fingerprint density at radius 3 is 1.32 bits per heavy atom. The topological polar surface area (TPSA) is 140 Å². The van der Waals surface area contributed by atoms with Crippen molar-refractivity contribution in [2.75, 3.05) is 37.2 Å². The lowest BCUT2D eigenvalue weighted by atomic mass is 10.0. The van der Waals surface area contributed by atoms with Gasteiger partial charge in [-0.2, -0.15) is 0 Å². The van der Waals surface area contributed by atoms with E-state index in [-0.39, 0.29) is 0 Å². The maximum Gasteiger partial charge on any atom is 0.119 e. The summed E-state index contributed by atoms with van der Waals surface area (Å²) in [5.74, 6) is 1.26. The molecule has 0 radical (unpaired) electrons. The van der Waals surface area contributed by atoms with Crippen LogP contribution < -0.4 is 32.4 Å². The molecule has 8 N–H and O–H groups in total. The van der Waals surface area contributed by atoms with Crippen LogP contribution in [0.5, 0.6) is 11.5 Å². The number of methoxy groups -OCH3 is 2. The van der Waals surface area contributed by atoms with Crippen LogP contribution in [-0.2, 0) is 10.8 Å². The van der Waals surface area contributed by atoms with Crippen molar-refractivity contribution in [3.05, 3.63) is 72.8 Å². The third-order valence-electron chi connectivity index (χ3n) is 5.57. The normalized spacial score (nSPS) is 10.9. The predicted octanol–water partition coefficient (Wildman–Crippen LogP) is 4.53. The second kappa shape index (κ2) is 9.36. The maximum absolute atomic E-state index is 14.1. The van der Waals surface area contributed by atoms with Gasteiger partial charge in [-0.15, -0.1) is 0 Å². The van der Waals surface area contributed by atoms with Crippen LogP contribution >= 0.6 is 0 Å². The molecule has 0 fully saturated rings. The zero-order chi connectivity index (χ0) is 24.4. The average Bonchev–Trinajstić information content (AvgIpc) is 2.86.